The average Bonchev–Trinajstić information content (AvgIpc) is 4.13. The highest BCUT2D eigenvalue weighted by Gasteiger charge is 2.42. The summed E-state index contributed by atoms with van der Waals surface area (Å²) >= 11 is 0. The maximum atomic E-state index is 2.53. The van der Waals surface area contributed by atoms with Crippen LogP contribution in [0.3, 0.4) is 0 Å². The molecule has 0 saturated heterocycles. The van der Waals surface area contributed by atoms with Gasteiger partial charge in [0.1, 0.15) is 0 Å². The van der Waals surface area contributed by atoms with E-state index in [0.29, 0.717) is 0 Å². The van der Waals surface area contributed by atoms with Gasteiger partial charge < -0.3 is 9.13 Å². The van der Waals surface area contributed by atoms with Gasteiger partial charge in [0, 0.05) is 43.4 Å². The number of hydrogen-bond acceptors (Lipinski definition) is 0. The van der Waals surface area contributed by atoms with Gasteiger partial charge in [-0.05, 0) is 162 Å². The molecular formula is C72H52N2. The van der Waals surface area contributed by atoms with Crippen molar-refractivity contribution in [1.29, 1.82) is 0 Å². The zero-order chi connectivity index (χ0) is 49.5. The monoisotopic (exact) mass is 944 g/mol. The molecule has 0 bridgehead atoms. The number of benzene rings is 11. The molecule has 0 aliphatic heterocycles. The maximum absolute atomic E-state index is 2.53. The summed E-state index contributed by atoms with van der Waals surface area (Å²) in [6.07, 6.45) is 4.47. The summed E-state index contributed by atoms with van der Waals surface area (Å²) in [7, 11) is 0. The molecule has 0 unspecified atom stereocenters. The van der Waals surface area contributed by atoms with E-state index in [4.69, 9.17) is 0 Å². The first-order valence-electron chi connectivity index (χ1n) is 26.1. The van der Waals surface area contributed by atoms with Crippen LogP contribution in [0.5, 0.6) is 0 Å². The molecule has 0 spiro atoms. The number of nitrogens with zero attached hydrogens (tertiary/aromatic N) is 2. The smallest absolute Gasteiger partial charge is 0.0541 e. The lowest BCUT2D eigenvalue weighted by molar-refractivity contribution is 0.652. The third-order valence-corrected chi connectivity index (χ3v) is 16.9. The van der Waals surface area contributed by atoms with Gasteiger partial charge in [-0.1, -0.05) is 192 Å². The van der Waals surface area contributed by atoms with Crippen molar-refractivity contribution in [3.8, 4) is 55.9 Å². The largest absolute Gasteiger partial charge is 0.309 e. The molecule has 0 N–H and O–H groups in total. The van der Waals surface area contributed by atoms with Gasteiger partial charge >= 0.3 is 0 Å². The summed E-state index contributed by atoms with van der Waals surface area (Å²) in [5.41, 5.74) is 25.4. The predicted molar refractivity (Wildman–Crippen MR) is 314 cm³/mol. The van der Waals surface area contributed by atoms with Crippen LogP contribution < -0.4 is 0 Å². The van der Waals surface area contributed by atoms with E-state index < -0.39 is 0 Å². The maximum Gasteiger partial charge on any atom is 0.0541 e. The van der Waals surface area contributed by atoms with E-state index in [1.807, 2.05) is 0 Å². The molecule has 0 radical (unpaired) electrons. The number of para-hydroxylation sites is 3. The Morgan fingerprint density at radius 3 is 1.45 bits per heavy atom. The molecule has 2 heterocycles. The molecule has 13 aromatic rings. The highest BCUT2D eigenvalue weighted by molar-refractivity contribution is 6.12. The van der Waals surface area contributed by atoms with E-state index in [1.54, 1.807) is 0 Å². The molecule has 0 atom stereocenters. The van der Waals surface area contributed by atoms with Crippen molar-refractivity contribution in [2.24, 2.45) is 0 Å². The topological polar surface area (TPSA) is 9.86 Å². The predicted octanol–water partition coefficient (Wildman–Crippen LogP) is 19.2. The minimum absolute atomic E-state index is 0.152. The first-order valence-corrected chi connectivity index (χ1v) is 26.1. The Hall–Kier alpha value is -8.98. The number of fused-ring (bicyclic) bond motifs is 13. The first-order chi connectivity index (χ1) is 36.2. The molecule has 11 aromatic carbocycles. The second-order valence-electron chi connectivity index (χ2n) is 21.7. The minimum atomic E-state index is -0.164. The van der Waals surface area contributed by atoms with Gasteiger partial charge in [-0.3, -0.25) is 0 Å². The first kappa shape index (κ1) is 42.7. The summed E-state index contributed by atoms with van der Waals surface area (Å²) in [6.45, 7) is 9.66. The molecule has 0 saturated carbocycles. The van der Waals surface area contributed by atoms with Gasteiger partial charge in [0.25, 0.3) is 0 Å². The molecule has 2 aromatic heterocycles. The fourth-order valence-corrected chi connectivity index (χ4v) is 13.1. The standard InChI is InChI=1S/C72H52N2/c1-71(2)62-41-50(47-30-27-45(28-31-47)25-26-46-29-37-69-60(39-46)56-20-10-12-22-67(56)73(69)52-17-6-5-7-18-52)32-35-54(62)58-43-65-59(44-64(58)71)55-36-33-51(42-63(55)72(65,3)4)49-34-38-70-61(40-49)57-21-11-13-23-68(57)74(70)66-24-14-16-48-15-8-9-19-53(48)66/h5-44H,1-4H3/b26-25+. The number of aromatic nitrogens is 2. The van der Waals surface area contributed by atoms with Crippen molar-refractivity contribution >= 4 is 66.5 Å². The fourth-order valence-electron chi connectivity index (χ4n) is 13.1. The minimum Gasteiger partial charge on any atom is -0.309 e. The van der Waals surface area contributed by atoms with E-state index in [9.17, 15) is 0 Å². The van der Waals surface area contributed by atoms with Crippen LogP contribution in [0.25, 0.3) is 122 Å². The van der Waals surface area contributed by atoms with Crippen molar-refractivity contribution in [3.63, 3.8) is 0 Å². The summed E-state index contributed by atoms with van der Waals surface area (Å²) < 4.78 is 4.82. The fraction of sp³-hybridized carbons (Fsp3) is 0.0833. The lowest BCUT2D eigenvalue weighted by Crippen LogP contribution is -2.17. The Morgan fingerprint density at radius 1 is 0.297 bits per heavy atom. The second-order valence-corrected chi connectivity index (χ2v) is 21.7. The quantitative estimate of drug-likeness (QED) is 0.147. The molecule has 0 fully saturated rings. The van der Waals surface area contributed by atoms with E-state index in [2.05, 4.69) is 280 Å². The van der Waals surface area contributed by atoms with Crippen molar-refractivity contribution in [3.05, 3.63) is 264 Å². The summed E-state index contributed by atoms with van der Waals surface area (Å²) in [6, 6.07) is 85.9. The summed E-state index contributed by atoms with van der Waals surface area (Å²) in [5, 5.41) is 7.58. The Balaban J connectivity index is 0.721. The van der Waals surface area contributed by atoms with Crippen molar-refractivity contribution in [1.82, 2.24) is 9.13 Å². The van der Waals surface area contributed by atoms with Crippen LogP contribution in [0.4, 0.5) is 0 Å². The second kappa shape index (κ2) is 15.8. The van der Waals surface area contributed by atoms with Crippen molar-refractivity contribution in [2.45, 2.75) is 38.5 Å². The molecule has 0 amide bonds. The Kier molecular flexibility index (Phi) is 9.09. The van der Waals surface area contributed by atoms with Gasteiger partial charge in [0.2, 0.25) is 0 Å². The molecule has 2 aliphatic carbocycles. The van der Waals surface area contributed by atoms with E-state index >= 15 is 0 Å². The highest BCUT2D eigenvalue weighted by atomic mass is 15.0. The van der Waals surface area contributed by atoms with Crippen LogP contribution in [-0.2, 0) is 10.8 Å². The SMILES string of the molecule is CC1(C)c2cc(-c3ccc(/C=C/c4ccc5c(c4)c4ccccc4n5-c4ccccc4)cc3)ccc2-c2cc3c(cc21)-c1ccc(-c2ccc4c(c2)c2ccccc2n4-c2cccc4ccccc24)cc1C3(C)C. The number of hydrogen-bond donors (Lipinski definition) is 0. The van der Waals surface area contributed by atoms with E-state index in [1.165, 1.54) is 144 Å². The molecular weight excluding hydrogens is 893 g/mol. The van der Waals surface area contributed by atoms with Crippen molar-refractivity contribution in [2.75, 3.05) is 0 Å². The van der Waals surface area contributed by atoms with Crippen LogP contribution in [0.15, 0.2) is 231 Å². The van der Waals surface area contributed by atoms with Gasteiger partial charge in [0.15, 0.2) is 0 Å². The Labute approximate surface area is 431 Å². The zero-order valence-electron chi connectivity index (χ0n) is 42.0. The van der Waals surface area contributed by atoms with Crippen LogP contribution in [0.2, 0.25) is 0 Å². The van der Waals surface area contributed by atoms with Gasteiger partial charge in [0.05, 0.1) is 27.8 Å². The molecule has 15 rings (SSSR count). The molecule has 2 aliphatic rings. The zero-order valence-corrected chi connectivity index (χ0v) is 42.0. The Bertz CT molecular complexity index is 4510. The molecule has 2 nitrogen and oxygen atoms in total. The highest BCUT2D eigenvalue weighted by Crippen LogP contribution is 2.57. The number of rotatable bonds is 6. The average molecular weight is 945 g/mol. The van der Waals surface area contributed by atoms with Crippen LogP contribution in [0, 0.1) is 0 Å². The molecule has 74 heavy (non-hydrogen) atoms. The Morgan fingerprint density at radius 2 is 0.757 bits per heavy atom. The summed E-state index contributed by atoms with van der Waals surface area (Å²) in [5.74, 6) is 0. The van der Waals surface area contributed by atoms with E-state index in [0.717, 1.165) is 0 Å². The van der Waals surface area contributed by atoms with Gasteiger partial charge in [-0.25, -0.2) is 0 Å². The van der Waals surface area contributed by atoms with Gasteiger partial charge in [-0.2, -0.15) is 0 Å². The summed E-state index contributed by atoms with van der Waals surface area (Å²) in [4.78, 5) is 0. The lowest BCUT2D eigenvalue weighted by atomic mass is 9.79. The van der Waals surface area contributed by atoms with Crippen LogP contribution in [-0.4, -0.2) is 9.13 Å². The van der Waals surface area contributed by atoms with Crippen LogP contribution in [0.1, 0.15) is 61.1 Å². The van der Waals surface area contributed by atoms with Crippen LogP contribution >= 0.6 is 0 Å². The third kappa shape index (κ3) is 6.24. The normalized spacial score (nSPS) is 14.1. The molecule has 2 heteroatoms. The lowest BCUT2D eigenvalue weighted by Gasteiger charge is -2.24. The third-order valence-electron chi connectivity index (χ3n) is 16.9. The molecule has 350 valence electrons. The van der Waals surface area contributed by atoms with E-state index in [-0.39, 0.29) is 10.8 Å². The van der Waals surface area contributed by atoms with Gasteiger partial charge in [-0.15, -0.1) is 0 Å². The van der Waals surface area contributed by atoms with Crippen molar-refractivity contribution < 1.29 is 0 Å².